The van der Waals surface area contributed by atoms with E-state index in [2.05, 4.69) is 63.0 Å². The summed E-state index contributed by atoms with van der Waals surface area (Å²) in [6.07, 6.45) is 48.8. The van der Waals surface area contributed by atoms with Gasteiger partial charge in [-0.25, -0.2) is 29.1 Å². The van der Waals surface area contributed by atoms with Gasteiger partial charge in [0.05, 0.1) is 155 Å². The molecule has 0 radical (unpaired) electrons. The van der Waals surface area contributed by atoms with Gasteiger partial charge in [0.15, 0.2) is 0 Å². The molecule has 746 valence electrons. The fraction of sp³-hybridized carbons (Fsp3) is 0.735. The Morgan fingerprint density at radius 1 is 0.429 bits per heavy atom. The highest BCUT2D eigenvalue weighted by Gasteiger charge is 2.41. The molecule has 12 bridgehead atoms. The number of nitrogens with zero attached hydrogens (tertiary/aromatic N) is 2. The summed E-state index contributed by atoms with van der Waals surface area (Å²) in [6.45, 7) is 7.72. The molecule has 6 unspecified atom stereocenters. The summed E-state index contributed by atoms with van der Waals surface area (Å²) in [4.78, 5) is 92.4. The van der Waals surface area contributed by atoms with Crippen LogP contribution in [0.1, 0.15) is 313 Å². The van der Waals surface area contributed by atoms with Crippen LogP contribution in [-0.4, -0.2) is 239 Å². The predicted octanol–water partition coefficient (Wildman–Crippen LogP) is 17.7. The average molecular weight is 1870 g/mol. The van der Waals surface area contributed by atoms with E-state index in [1.165, 1.54) is 26.6 Å². The third-order valence-electron chi connectivity index (χ3n) is 25.9. The molecule has 2 amide bonds. The summed E-state index contributed by atoms with van der Waals surface area (Å²) < 4.78 is 106. The van der Waals surface area contributed by atoms with Crippen LogP contribution in [0.5, 0.6) is 0 Å². The second-order valence-electron chi connectivity index (χ2n) is 36.9. The molecule has 3 aromatic rings. The number of methoxy groups -OCH3 is 5. The van der Waals surface area contributed by atoms with Crippen molar-refractivity contribution in [3.8, 4) is 0 Å². The summed E-state index contributed by atoms with van der Waals surface area (Å²) in [7, 11) is 7.85. The maximum absolute atomic E-state index is 13.2. The number of aliphatic hydroxyl groups excluding tert-OH is 1. The molecule has 4 N–H and O–H groups in total. The van der Waals surface area contributed by atoms with Gasteiger partial charge >= 0.3 is 42.0 Å². The first-order valence-corrected chi connectivity index (χ1v) is 49.7. The second-order valence-corrected chi connectivity index (χ2v) is 36.9. The molecule has 0 saturated carbocycles. The van der Waals surface area contributed by atoms with Gasteiger partial charge in [0.1, 0.15) is 36.9 Å². The van der Waals surface area contributed by atoms with E-state index in [1.807, 2.05) is 18.2 Å². The van der Waals surface area contributed by atoms with Crippen molar-refractivity contribution >= 4 is 54.2 Å². The van der Waals surface area contributed by atoms with E-state index >= 15 is 0 Å². The number of oxazole rings is 2. The molecule has 9 aliphatic heterocycles. The van der Waals surface area contributed by atoms with Crippen LogP contribution in [0.15, 0.2) is 88.1 Å². The van der Waals surface area contributed by atoms with E-state index in [1.54, 1.807) is 64.0 Å². The molecule has 0 aliphatic carbocycles. The Balaban J connectivity index is 0.000000208. The number of unbranched alkanes of at least 4 members (excludes halogenated alkanes) is 6. The Kier molecular flexibility index (Phi) is 50.7. The highest BCUT2D eigenvalue weighted by Crippen LogP contribution is 2.38. The zero-order valence-corrected chi connectivity index (χ0v) is 80.3. The predicted molar refractivity (Wildman–Crippen MR) is 496 cm³/mol. The summed E-state index contributed by atoms with van der Waals surface area (Å²) in [5.74, 6) is -1.19. The molecule has 21 atom stereocenters. The molecule has 133 heavy (non-hydrogen) atoms. The van der Waals surface area contributed by atoms with E-state index in [4.69, 9.17) is 80.3 Å². The molecule has 9 saturated heterocycles. The van der Waals surface area contributed by atoms with Crippen molar-refractivity contribution in [1.29, 1.82) is 0 Å². The smallest absolute Gasteiger partial charge is 0.407 e. The van der Waals surface area contributed by atoms with Crippen molar-refractivity contribution in [2.75, 3.05) is 48.6 Å². The van der Waals surface area contributed by atoms with Crippen LogP contribution >= 0.6 is 0 Å². The third kappa shape index (κ3) is 43.5. The number of aromatic nitrogens is 2. The largest absolute Gasteiger partial charge is 0.478 e. The van der Waals surface area contributed by atoms with E-state index in [0.717, 1.165) is 216 Å². The van der Waals surface area contributed by atoms with E-state index in [9.17, 15) is 38.7 Å². The quantitative estimate of drug-likeness (QED) is 0.0190. The molecule has 9 aliphatic rings. The lowest BCUT2D eigenvalue weighted by atomic mass is 9.91. The first-order valence-electron chi connectivity index (χ1n) is 49.7. The number of aryl methyl sites for hydroxylation is 2. The number of fused-ring (bicyclic) bond motifs is 12. The number of carbonyl (C=O) groups excluding carboxylic acids is 6. The van der Waals surface area contributed by atoms with Crippen molar-refractivity contribution in [1.82, 2.24) is 20.6 Å². The van der Waals surface area contributed by atoms with Crippen molar-refractivity contribution in [2.45, 2.75) is 432 Å². The number of hydrogen-bond acceptors (Lipinski definition) is 28. The number of aliphatic hydroxyl groups is 1. The monoisotopic (exact) mass is 1870 g/mol. The number of amides is 2. The van der Waals surface area contributed by atoms with Crippen LogP contribution in [0, 0.1) is 0 Å². The molecule has 11 heterocycles. The summed E-state index contributed by atoms with van der Waals surface area (Å²) in [6, 6.07) is 10.3. The van der Waals surface area contributed by atoms with E-state index in [0.29, 0.717) is 89.1 Å². The van der Waals surface area contributed by atoms with Crippen molar-refractivity contribution in [3.63, 3.8) is 0 Å². The van der Waals surface area contributed by atoms with Crippen LogP contribution in [-0.2, 0) is 119 Å². The fourth-order valence-electron chi connectivity index (χ4n) is 19.2. The summed E-state index contributed by atoms with van der Waals surface area (Å²) in [5, 5.41) is 23.7. The van der Waals surface area contributed by atoms with E-state index in [-0.39, 0.29) is 154 Å². The Morgan fingerprint density at radius 2 is 0.782 bits per heavy atom. The molecule has 9 fully saturated rings. The first-order chi connectivity index (χ1) is 64.6. The van der Waals surface area contributed by atoms with Crippen LogP contribution < -0.4 is 10.6 Å². The lowest BCUT2D eigenvalue weighted by Gasteiger charge is -2.38. The minimum atomic E-state index is -0.966. The van der Waals surface area contributed by atoms with Crippen molar-refractivity contribution in [3.05, 3.63) is 108 Å². The number of rotatable bonds is 33. The van der Waals surface area contributed by atoms with E-state index < -0.39 is 42.4 Å². The molecule has 1 aromatic carbocycles. The highest BCUT2D eigenvalue weighted by atomic mass is 16.6. The Bertz CT molecular complexity index is 3930. The number of carboxylic acid groups (broad SMARTS) is 1. The van der Waals surface area contributed by atoms with Crippen LogP contribution in [0.25, 0.3) is 12.2 Å². The lowest BCUT2D eigenvalue weighted by molar-refractivity contribution is -0.173. The van der Waals surface area contributed by atoms with Crippen molar-refractivity contribution in [2.24, 2.45) is 0 Å². The highest BCUT2D eigenvalue weighted by molar-refractivity contribution is 5.82. The zero-order valence-electron chi connectivity index (χ0n) is 80.3. The van der Waals surface area contributed by atoms with Gasteiger partial charge in [0, 0.05) is 91.5 Å². The van der Waals surface area contributed by atoms with Gasteiger partial charge in [0.25, 0.3) is 0 Å². The molecule has 2 aromatic heterocycles. The van der Waals surface area contributed by atoms with Gasteiger partial charge in [0.2, 0.25) is 11.8 Å². The van der Waals surface area contributed by atoms with Gasteiger partial charge in [-0.3, -0.25) is 14.4 Å². The Labute approximate surface area is 787 Å². The number of aliphatic carboxylic acids is 1. The molecule has 0 spiro atoms. The van der Waals surface area contributed by atoms with Gasteiger partial charge in [-0.05, 0) is 191 Å². The lowest BCUT2D eigenvalue weighted by Crippen LogP contribution is -2.42. The number of carbonyl (C=O) groups is 7. The minimum absolute atomic E-state index is 0.00930. The first kappa shape index (κ1) is 109. The zero-order chi connectivity index (χ0) is 94.7. The van der Waals surface area contributed by atoms with Crippen molar-refractivity contribution < 1.29 is 128 Å². The number of nitrogens with one attached hydrogen (secondary N) is 2. The normalized spacial score (nSPS) is 29.7. The number of carboxylic acids is 1. The maximum Gasteiger partial charge on any atom is 0.407 e. The average Bonchev–Trinajstić information content (AvgIpc) is 1.22. The Morgan fingerprint density at radius 3 is 1.19 bits per heavy atom. The van der Waals surface area contributed by atoms with Gasteiger partial charge < -0.3 is 105 Å². The maximum atomic E-state index is 13.2. The van der Waals surface area contributed by atoms with Crippen LogP contribution in [0.2, 0.25) is 0 Å². The number of allylic oxidation sites excluding steroid dienone is 2. The number of cyclic esters (lactones) is 3. The number of hydrogen-bond donors (Lipinski definition) is 4. The fourth-order valence-corrected chi connectivity index (χ4v) is 19.2. The minimum Gasteiger partial charge on any atom is -0.478 e. The molecule has 31 nitrogen and oxygen atoms in total. The van der Waals surface area contributed by atoms with Crippen LogP contribution in [0.4, 0.5) is 9.59 Å². The number of benzene rings is 1. The Hall–Kier alpha value is -7.95. The van der Waals surface area contributed by atoms with Gasteiger partial charge in [-0.2, -0.15) is 0 Å². The summed E-state index contributed by atoms with van der Waals surface area (Å²) in [5.41, 5.74) is 2.64. The molecule has 31 heteroatoms. The third-order valence-corrected chi connectivity index (χ3v) is 25.9. The van der Waals surface area contributed by atoms with Crippen LogP contribution in [0.3, 0.4) is 0 Å². The number of ether oxygens (including phenoxy) is 16. The number of esters is 4. The topological polar surface area (TPSA) is 384 Å². The standard InChI is InChI=1S/C36H54N2O10.C30H46O6.C23H40O6.C13H16N2O5/c1-4-5-6-12-28-18-26-13-9-14-27(45-26)19-29(42-2)20-30-21-31(22-32(46-30)23-35(40)47-28)48-34(39)16-8-7-11-25-24-44-33(38-25)15-10-17-37-36(41)43-3;1-3-4-6-12-25-15-23-13-9-14-24(34-23)16-26(32-2)17-28-18-27(19-29(35-28)20-30(31)36-25)33-21-22-10-7-5-8-11-22;1-3-4-5-7-19-12-17-8-6-9-18(27-17)13-20(26-2)14-21-10-16(24)11-22(28-21)15-23(25)29-19;1-19-13(18)14-8-4-6-11-15-10(9-20-11)5-2-3-7-12(16)17/h8,10,15-16,24,26-32H,4-7,9,11-14,17-23H2,1-3H3,(H,37,41);5,7-8,10-11,23-29H,3-4,6,9,12-21H2,1-2H3;16-22,24H,3-15H2,1-2H3;3-4,6-7,9H,2,5,8H2,1H3,(H,14,18)(H,16,17)/b15-10-,16-8-;;;6-4-,7-3-/t26-,27?,28-,29+,30?,31+,32-;23-,24?,25-,26+,27-,28?,29-;16-,17-,18?,19-,20+,21?,22-;/m000./s1. The second kappa shape index (κ2) is 62.0. The SMILES string of the molecule is CCCCC[C@H]1C[C@@H]2CCCC(C[C@@H](OC)CC3C[C@@H](OC(=O)/C=C\CCc4coc(/C=C\CNC(=O)OC)n4)C[C@@H](CC(=O)O1)O3)O2.CCCCC[C@H]1C[C@@H]2CCCC(C[C@@H](OC)CC3C[C@H](O)C[C@@H](CC(=O)O1)O3)O2.CCCCC[C@H]1C[C@@H]2CCCC(C[C@@H](OC)CC3C[C@H](OCc4ccccc4)C[C@@H](CC(=O)O1)O3)O2.COC(=O)NC/C=C\c1nc(CC/C=C\C(=O)O)co1. The van der Waals surface area contributed by atoms with Gasteiger partial charge in [-0.15, -0.1) is 0 Å². The summed E-state index contributed by atoms with van der Waals surface area (Å²) >= 11 is 0. The molecular weight excluding hydrogens is 1710 g/mol. The van der Waals surface area contributed by atoms with Gasteiger partial charge in [-0.1, -0.05) is 114 Å². The molecular formula is C102H156N4O27. The molecule has 12 rings (SSSR count). The number of alkyl carbamates (subject to hydrolysis) is 2.